The number of rotatable bonds is 10. The number of fused-ring (bicyclic) bond motifs is 1. The Labute approximate surface area is 199 Å². The van der Waals surface area contributed by atoms with E-state index in [9.17, 15) is 19.2 Å². The SMILES string of the molecule is COc1c(C)c2c(c(OC(=O)CCC(=O)NC(C)(C)C)c1C/C=C(\C)CCC(=O)O)C(=O)OC2. The summed E-state index contributed by atoms with van der Waals surface area (Å²) < 4.78 is 16.4. The number of carboxylic acid groups (broad SMARTS) is 1. The number of benzene rings is 1. The van der Waals surface area contributed by atoms with Crippen LogP contribution in [-0.2, 0) is 32.1 Å². The van der Waals surface area contributed by atoms with Crippen LogP contribution in [-0.4, -0.2) is 41.6 Å². The lowest BCUT2D eigenvalue weighted by Gasteiger charge is -2.20. The van der Waals surface area contributed by atoms with Crippen molar-refractivity contribution in [2.24, 2.45) is 0 Å². The average molecular weight is 476 g/mol. The van der Waals surface area contributed by atoms with E-state index in [1.165, 1.54) is 7.11 Å². The largest absolute Gasteiger partial charge is 0.496 e. The molecule has 0 aromatic heterocycles. The van der Waals surface area contributed by atoms with Crippen molar-refractivity contribution in [1.29, 1.82) is 0 Å². The van der Waals surface area contributed by atoms with E-state index >= 15 is 0 Å². The second-order valence-corrected chi connectivity index (χ2v) is 9.32. The maximum atomic E-state index is 12.7. The molecule has 0 aliphatic carbocycles. The number of cyclic esters (lactones) is 1. The molecule has 0 unspecified atom stereocenters. The Bertz CT molecular complexity index is 1020. The molecular weight excluding hydrogens is 442 g/mol. The maximum Gasteiger partial charge on any atom is 0.342 e. The van der Waals surface area contributed by atoms with Crippen LogP contribution in [0.1, 0.15) is 80.4 Å². The Morgan fingerprint density at radius 3 is 2.38 bits per heavy atom. The average Bonchev–Trinajstić information content (AvgIpc) is 3.12. The molecule has 0 spiro atoms. The fourth-order valence-electron chi connectivity index (χ4n) is 3.67. The number of carbonyl (C=O) groups excluding carboxylic acids is 3. The molecule has 0 bridgehead atoms. The molecule has 1 amide bonds. The third kappa shape index (κ3) is 7.07. The second kappa shape index (κ2) is 11.2. The van der Waals surface area contributed by atoms with Gasteiger partial charge in [0.1, 0.15) is 17.9 Å². The molecule has 0 saturated heterocycles. The lowest BCUT2D eigenvalue weighted by molar-refractivity contribution is -0.137. The molecular formula is C25H33NO8. The molecule has 34 heavy (non-hydrogen) atoms. The minimum atomic E-state index is -0.897. The van der Waals surface area contributed by atoms with Crippen LogP contribution in [0.3, 0.4) is 0 Å². The summed E-state index contributed by atoms with van der Waals surface area (Å²) in [7, 11) is 1.49. The van der Waals surface area contributed by atoms with Crippen molar-refractivity contribution >= 4 is 23.8 Å². The zero-order chi connectivity index (χ0) is 25.6. The number of hydrogen-bond acceptors (Lipinski definition) is 7. The summed E-state index contributed by atoms with van der Waals surface area (Å²) in [6.07, 6.45) is 2.20. The third-order valence-corrected chi connectivity index (χ3v) is 5.30. The van der Waals surface area contributed by atoms with Crippen LogP contribution >= 0.6 is 0 Å². The summed E-state index contributed by atoms with van der Waals surface area (Å²) in [5, 5.41) is 11.7. The van der Waals surface area contributed by atoms with Crippen LogP contribution in [0.5, 0.6) is 11.5 Å². The Balaban J connectivity index is 2.37. The predicted molar refractivity (Wildman–Crippen MR) is 124 cm³/mol. The minimum Gasteiger partial charge on any atom is -0.496 e. The van der Waals surface area contributed by atoms with Crippen molar-refractivity contribution in [1.82, 2.24) is 5.32 Å². The van der Waals surface area contributed by atoms with Gasteiger partial charge < -0.3 is 24.6 Å². The minimum absolute atomic E-state index is 0.00647. The number of nitrogens with one attached hydrogen (secondary N) is 1. The number of esters is 2. The highest BCUT2D eigenvalue weighted by molar-refractivity contribution is 5.99. The molecule has 2 N–H and O–H groups in total. The van der Waals surface area contributed by atoms with Crippen molar-refractivity contribution in [2.45, 2.75) is 78.9 Å². The van der Waals surface area contributed by atoms with Gasteiger partial charge in [0, 0.05) is 29.5 Å². The summed E-state index contributed by atoms with van der Waals surface area (Å²) in [6, 6.07) is 0. The molecule has 1 aromatic carbocycles. The van der Waals surface area contributed by atoms with E-state index in [0.29, 0.717) is 28.9 Å². The van der Waals surface area contributed by atoms with E-state index in [2.05, 4.69) is 5.32 Å². The summed E-state index contributed by atoms with van der Waals surface area (Å²) in [5.74, 6) is -1.91. The van der Waals surface area contributed by atoms with Crippen LogP contribution in [0.15, 0.2) is 11.6 Å². The van der Waals surface area contributed by atoms with Crippen LogP contribution in [0.2, 0.25) is 0 Å². The summed E-state index contributed by atoms with van der Waals surface area (Å²) in [5.41, 5.74) is 2.37. The first-order valence-corrected chi connectivity index (χ1v) is 11.1. The third-order valence-electron chi connectivity index (χ3n) is 5.30. The van der Waals surface area contributed by atoms with Gasteiger partial charge in [-0.3, -0.25) is 14.4 Å². The van der Waals surface area contributed by atoms with E-state index < -0.39 is 23.4 Å². The fourth-order valence-corrected chi connectivity index (χ4v) is 3.67. The number of ether oxygens (including phenoxy) is 3. The number of aliphatic carboxylic acids is 1. The Morgan fingerprint density at radius 2 is 1.79 bits per heavy atom. The number of amides is 1. The molecule has 0 fully saturated rings. The molecule has 0 atom stereocenters. The summed E-state index contributed by atoms with van der Waals surface area (Å²) >= 11 is 0. The van der Waals surface area contributed by atoms with Gasteiger partial charge in [-0.1, -0.05) is 11.6 Å². The van der Waals surface area contributed by atoms with Crippen LogP contribution in [0, 0.1) is 6.92 Å². The first kappa shape index (κ1) is 26.9. The Hall–Kier alpha value is -3.36. The number of allylic oxidation sites excluding steroid dienone is 2. The highest BCUT2D eigenvalue weighted by atomic mass is 16.6. The highest BCUT2D eigenvalue weighted by Crippen LogP contribution is 2.43. The van der Waals surface area contributed by atoms with Crippen LogP contribution < -0.4 is 14.8 Å². The van der Waals surface area contributed by atoms with Crippen molar-refractivity contribution in [2.75, 3.05) is 7.11 Å². The quantitative estimate of drug-likeness (QED) is 0.298. The first-order chi connectivity index (χ1) is 15.8. The van der Waals surface area contributed by atoms with Gasteiger partial charge >= 0.3 is 17.9 Å². The van der Waals surface area contributed by atoms with Gasteiger partial charge in [0.15, 0.2) is 5.75 Å². The fraction of sp³-hybridized carbons (Fsp3) is 0.520. The predicted octanol–water partition coefficient (Wildman–Crippen LogP) is 3.63. The van der Waals surface area contributed by atoms with Gasteiger partial charge in [-0.2, -0.15) is 0 Å². The van der Waals surface area contributed by atoms with Gasteiger partial charge in [-0.25, -0.2) is 4.79 Å². The molecule has 9 heteroatoms. The van der Waals surface area contributed by atoms with Gasteiger partial charge in [0.25, 0.3) is 0 Å². The van der Waals surface area contributed by atoms with Gasteiger partial charge in [-0.15, -0.1) is 0 Å². The highest BCUT2D eigenvalue weighted by Gasteiger charge is 2.34. The zero-order valence-corrected chi connectivity index (χ0v) is 20.6. The Morgan fingerprint density at radius 1 is 1.12 bits per heavy atom. The van der Waals surface area contributed by atoms with Crippen molar-refractivity contribution in [3.8, 4) is 11.5 Å². The monoisotopic (exact) mass is 475 g/mol. The topological polar surface area (TPSA) is 128 Å². The molecule has 186 valence electrons. The van der Waals surface area contributed by atoms with Gasteiger partial charge in [0.05, 0.1) is 13.5 Å². The van der Waals surface area contributed by atoms with E-state index in [0.717, 1.165) is 5.57 Å². The number of carboxylic acids is 1. The van der Waals surface area contributed by atoms with Crippen molar-refractivity contribution < 1.29 is 38.5 Å². The lowest BCUT2D eigenvalue weighted by atomic mass is 9.94. The van der Waals surface area contributed by atoms with Crippen molar-refractivity contribution in [3.05, 3.63) is 33.9 Å². The molecule has 1 heterocycles. The van der Waals surface area contributed by atoms with Gasteiger partial charge in [0.2, 0.25) is 5.91 Å². The lowest BCUT2D eigenvalue weighted by Crippen LogP contribution is -2.40. The summed E-state index contributed by atoms with van der Waals surface area (Å²) in [4.78, 5) is 48.1. The molecule has 2 rings (SSSR count). The maximum absolute atomic E-state index is 12.7. The van der Waals surface area contributed by atoms with E-state index in [1.54, 1.807) is 6.92 Å². The normalized spacial score (nSPS) is 13.2. The first-order valence-electron chi connectivity index (χ1n) is 11.1. The number of carbonyl (C=O) groups is 4. The molecule has 1 aliphatic rings. The smallest absolute Gasteiger partial charge is 0.342 e. The van der Waals surface area contributed by atoms with E-state index in [1.807, 2.05) is 33.8 Å². The molecule has 0 radical (unpaired) electrons. The summed E-state index contributed by atoms with van der Waals surface area (Å²) in [6.45, 7) is 9.18. The second-order valence-electron chi connectivity index (χ2n) is 9.32. The standard InChI is InChI=1S/C25H33NO8/c1-14(8-11-19(28)29)7-9-16-22(32-6)15(2)17-13-33-24(31)21(17)23(16)34-20(30)12-10-18(27)26-25(3,4)5/h7H,8-13H2,1-6H3,(H,26,27)(H,28,29)/b14-7+. The van der Waals surface area contributed by atoms with Gasteiger partial charge in [-0.05, 0) is 53.0 Å². The number of methoxy groups -OCH3 is 1. The molecule has 9 nitrogen and oxygen atoms in total. The van der Waals surface area contributed by atoms with Crippen LogP contribution in [0.4, 0.5) is 0 Å². The van der Waals surface area contributed by atoms with E-state index in [4.69, 9.17) is 19.3 Å². The zero-order valence-electron chi connectivity index (χ0n) is 20.6. The molecule has 1 aromatic rings. The van der Waals surface area contributed by atoms with Crippen molar-refractivity contribution in [3.63, 3.8) is 0 Å². The Kier molecular flexibility index (Phi) is 8.84. The molecule has 1 aliphatic heterocycles. The number of hydrogen-bond donors (Lipinski definition) is 2. The van der Waals surface area contributed by atoms with E-state index in [-0.39, 0.29) is 49.5 Å². The van der Waals surface area contributed by atoms with Crippen LogP contribution in [0.25, 0.3) is 0 Å². The molecule has 0 saturated carbocycles.